The minimum absolute atomic E-state index is 0.587. The Bertz CT molecular complexity index is 904. The Balaban J connectivity index is 0.000000241. The molecule has 3 rings (SSSR count). The van der Waals surface area contributed by atoms with Crippen molar-refractivity contribution in [3.63, 3.8) is 0 Å². The first kappa shape index (κ1) is 28.2. The summed E-state index contributed by atoms with van der Waals surface area (Å²) in [6.07, 6.45) is 15.5. The molecule has 0 radical (unpaired) electrons. The fraction of sp³-hybridized carbons (Fsp3) is 0.529. The van der Waals surface area contributed by atoms with Gasteiger partial charge in [0.2, 0.25) is 0 Å². The summed E-state index contributed by atoms with van der Waals surface area (Å²) in [6.45, 7) is 11.4. The standard InChI is InChI=1S/C18H30.C16H20/c1-2-3-4-5-6-7-8-9-10-12-15-18-16-13-11-14-17-18;1-11(2)14-10-9-13-7-5-6-8-15(13)16(14)12(3)4/h11,13-14,16-17H,2-10,12,15H2,1H3;5-12H,1-4H3. The largest absolute Gasteiger partial charge is 0.0654 e. The molecule has 0 bridgehead atoms. The lowest BCUT2D eigenvalue weighted by Crippen LogP contribution is -1.99. The summed E-state index contributed by atoms with van der Waals surface area (Å²) in [6, 6.07) is 24.1. The predicted octanol–water partition coefficient (Wildman–Crippen LogP) is 11.2. The summed E-state index contributed by atoms with van der Waals surface area (Å²) in [5.41, 5.74) is 4.51. The Morgan fingerprint density at radius 1 is 0.529 bits per heavy atom. The topological polar surface area (TPSA) is 0 Å². The highest BCUT2D eigenvalue weighted by molar-refractivity contribution is 5.87. The lowest BCUT2D eigenvalue weighted by Gasteiger charge is -2.18. The first-order valence-electron chi connectivity index (χ1n) is 14.1. The number of benzene rings is 3. The Morgan fingerprint density at radius 2 is 1.09 bits per heavy atom. The van der Waals surface area contributed by atoms with E-state index in [9.17, 15) is 0 Å². The van der Waals surface area contributed by atoms with Crippen LogP contribution >= 0.6 is 0 Å². The van der Waals surface area contributed by atoms with E-state index < -0.39 is 0 Å². The van der Waals surface area contributed by atoms with Crippen LogP contribution in [0.1, 0.15) is 127 Å². The fourth-order valence-electron chi connectivity index (χ4n) is 4.92. The van der Waals surface area contributed by atoms with Gasteiger partial charge in [0.1, 0.15) is 0 Å². The minimum Gasteiger partial charge on any atom is -0.0654 e. The van der Waals surface area contributed by atoms with Crippen molar-refractivity contribution in [2.75, 3.05) is 0 Å². The van der Waals surface area contributed by atoms with Gasteiger partial charge in [0, 0.05) is 0 Å². The van der Waals surface area contributed by atoms with E-state index in [1.165, 1.54) is 98.1 Å². The summed E-state index contributed by atoms with van der Waals surface area (Å²) in [5, 5.41) is 2.78. The number of unbranched alkanes of at least 4 members (excludes halogenated alkanes) is 9. The van der Waals surface area contributed by atoms with Gasteiger partial charge in [-0.05, 0) is 52.1 Å². The first-order valence-corrected chi connectivity index (χ1v) is 14.1. The summed E-state index contributed by atoms with van der Waals surface area (Å²) in [4.78, 5) is 0. The monoisotopic (exact) mass is 458 g/mol. The molecule has 0 heterocycles. The number of fused-ring (bicyclic) bond motifs is 1. The molecule has 34 heavy (non-hydrogen) atoms. The van der Waals surface area contributed by atoms with Crippen LogP contribution in [0, 0.1) is 0 Å². The van der Waals surface area contributed by atoms with Crippen LogP contribution in [-0.2, 0) is 6.42 Å². The normalized spacial score (nSPS) is 11.1. The Hall–Kier alpha value is -2.08. The number of hydrogen-bond acceptors (Lipinski definition) is 0. The highest BCUT2D eigenvalue weighted by Crippen LogP contribution is 2.32. The molecule has 0 aliphatic heterocycles. The van der Waals surface area contributed by atoms with E-state index in [2.05, 4.69) is 101 Å². The molecule has 0 atom stereocenters. The number of rotatable bonds is 13. The lowest BCUT2D eigenvalue weighted by molar-refractivity contribution is 0.556. The van der Waals surface area contributed by atoms with E-state index in [4.69, 9.17) is 0 Å². The highest BCUT2D eigenvalue weighted by atomic mass is 14.2. The van der Waals surface area contributed by atoms with Gasteiger partial charge in [-0.25, -0.2) is 0 Å². The fourth-order valence-corrected chi connectivity index (χ4v) is 4.92. The van der Waals surface area contributed by atoms with E-state index in [1.54, 1.807) is 0 Å². The van der Waals surface area contributed by atoms with Gasteiger partial charge in [-0.15, -0.1) is 0 Å². The molecule has 0 amide bonds. The van der Waals surface area contributed by atoms with Crippen molar-refractivity contribution in [1.82, 2.24) is 0 Å². The third-order valence-corrected chi connectivity index (χ3v) is 6.87. The van der Waals surface area contributed by atoms with Crippen molar-refractivity contribution in [2.45, 2.75) is 117 Å². The van der Waals surface area contributed by atoms with E-state index in [1.807, 2.05) is 0 Å². The Labute approximate surface area is 211 Å². The van der Waals surface area contributed by atoms with Crippen LogP contribution in [0.4, 0.5) is 0 Å². The second kappa shape index (κ2) is 16.5. The van der Waals surface area contributed by atoms with Crippen LogP contribution in [0.2, 0.25) is 0 Å². The molecule has 0 aliphatic rings. The molecule has 0 spiro atoms. The van der Waals surface area contributed by atoms with Gasteiger partial charge in [0.25, 0.3) is 0 Å². The zero-order valence-corrected chi connectivity index (χ0v) is 22.8. The molecule has 0 saturated heterocycles. The van der Waals surface area contributed by atoms with Crippen LogP contribution in [0.5, 0.6) is 0 Å². The van der Waals surface area contributed by atoms with Crippen molar-refractivity contribution in [1.29, 1.82) is 0 Å². The maximum atomic E-state index is 2.29. The molecule has 186 valence electrons. The first-order chi connectivity index (χ1) is 16.5. The van der Waals surface area contributed by atoms with Crippen molar-refractivity contribution in [3.05, 3.63) is 83.4 Å². The maximum absolute atomic E-state index is 2.29. The average molecular weight is 459 g/mol. The quantitative estimate of drug-likeness (QED) is 0.223. The van der Waals surface area contributed by atoms with E-state index in [0.717, 1.165) is 0 Å². The van der Waals surface area contributed by atoms with Gasteiger partial charge in [0.05, 0.1) is 0 Å². The summed E-state index contributed by atoms with van der Waals surface area (Å²) < 4.78 is 0. The molecule has 0 aliphatic carbocycles. The number of hydrogen-bond donors (Lipinski definition) is 0. The Morgan fingerprint density at radius 3 is 1.68 bits per heavy atom. The van der Waals surface area contributed by atoms with Crippen LogP contribution < -0.4 is 0 Å². The highest BCUT2D eigenvalue weighted by Gasteiger charge is 2.12. The van der Waals surface area contributed by atoms with E-state index in [0.29, 0.717) is 11.8 Å². The number of aryl methyl sites for hydroxylation is 1. The van der Waals surface area contributed by atoms with Crippen LogP contribution in [-0.4, -0.2) is 0 Å². The minimum atomic E-state index is 0.587. The van der Waals surface area contributed by atoms with Gasteiger partial charge in [-0.2, -0.15) is 0 Å². The van der Waals surface area contributed by atoms with Gasteiger partial charge in [-0.1, -0.05) is 159 Å². The van der Waals surface area contributed by atoms with E-state index >= 15 is 0 Å². The van der Waals surface area contributed by atoms with Crippen LogP contribution in [0.3, 0.4) is 0 Å². The van der Waals surface area contributed by atoms with Crippen LogP contribution in [0.15, 0.2) is 66.7 Å². The SMILES string of the molecule is CC(C)c1ccc2ccccc2c1C(C)C.CCCCCCCCCCCCc1ccccc1. The molecule has 0 heteroatoms. The van der Waals surface area contributed by atoms with Gasteiger partial charge >= 0.3 is 0 Å². The lowest BCUT2D eigenvalue weighted by atomic mass is 9.86. The van der Waals surface area contributed by atoms with Gasteiger partial charge in [0.15, 0.2) is 0 Å². The van der Waals surface area contributed by atoms with Crippen molar-refractivity contribution in [2.24, 2.45) is 0 Å². The molecule has 0 fully saturated rings. The van der Waals surface area contributed by atoms with Crippen molar-refractivity contribution < 1.29 is 0 Å². The summed E-state index contributed by atoms with van der Waals surface area (Å²) in [5.74, 6) is 1.19. The second-order valence-corrected chi connectivity index (χ2v) is 10.5. The molecule has 0 aromatic heterocycles. The molecule has 0 unspecified atom stereocenters. The van der Waals surface area contributed by atoms with Gasteiger partial charge in [-0.3, -0.25) is 0 Å². The summed E-state index contributed by atoms with van der Waals surface area (Å²) in [7, 11) is 0. The Kier molecular flexibility index (Phi) is 13.7. The average Bonchev–Trinajstić information content (AvgIpc) is 2.85. The second-order valence-electron chi connectivity index (χ2n) is 10.5. The maximum Gasteiger partial charge on any atom is -0.0146 e. The molecule has 0 saturated carbocycles. The van der Waals surface area contributed by atoms with Gasteiger partial charge < -0.3 is 0 Å². The molecule has 3 aromatic carbocycles. The molecule has 3 aromatic rings. The van der Waals surface area contributed by atoms with Crippen LogP contribution in [0.25, 0.3) is 10.8 Å². The zero-order chi connectivity index (χ0) is 24.6. The smallest absolute Gasteiger partial charge is 0.0146 e. The third-order valence-electron chi connectivity index (χ3n) is 6.87. The molecular formula is C34H50. The molecule has 0 N–H and O–H groups in total. The third kappa shape index (κ3) is 10.0. The van der Waals surface area contributed by atoms with Crippen molar-refractivity contribution in [3.8, 4) is 0 Å². The zero-order valence-electron chi connectivity index (χ0n) is 22.8. The molecule has 0 nitrogen and oxygen atoms in total. The van der Waals surface area contributed by atoms with Crippen molar-refractivity contribution >= 4 is 10.8 Å². The van der Waals surface area contributed by atoms with E-state index in [-0.39, 0.29) is 0 Å². The summed E-state index contributed by atoms with van der Waals surface area (Å²) >= 11 is 0. The molecular weight excluding hydrogens is 408 g/mol. The predicted molar refractivity (Wildman–Crippen MR) is 154 cm³/mol.